The van der Waals surface area contributed by atoms with Gasteiger partial charge in [-0.05, 0) is 50.1 Å². The molecule has 0 radical (unpaired) electrons. The van der Waals surface area contributed by atoms with E-state index in [0.29, 0.717) is 11.3 Å². The number of benzene rings is 2. The Balaban J connectivity index is 2.17. The van der Waals surface area contributed by atoms with Crippen LogP contribution in [0.1, 0.15) is 34.0 Å². The predicted octanol–water partition coefficient (Wildman–Crippen LogP) is 3.45. The molecular formula is C18H20O3. The van der Waals surface area contributed by atoms with E-state index in [9.17, 15) is 4.79 Å². The number of ether oxygens (including phenoxy) is 1. The van der Waals surface area contributed by atoms with Gasteiger partial charge in [0.25, 0.3) is 0 Å². The quantitative estimate of drug-likeness (QED) is 0.855. The molecule has 2 rings (SSSR count). The highest BCUT2D eigenvalue weighted by molar-refractivity contribution is 6.00. The first kappa shape index (κ1) is 15.3. The molecule has 0 amide bonds. The summed E-state index contributed by atoms with van der Waals surface area (Å²) in [6.07, 6.45) is -0.570. The first-order chi connectivity index (χ1) is 10.0. The Morgan fingerprint density at radius 3 is 2.67 bits per heavy atom. The second kappa shape index (κ2) is 6.55. The van der Waals surface area contributed by atoms with Crippen molar-refractivity contribution in [2.75, 3.05) is 0 Å². The minimum absolute atomic E-state index is 0.0365. The number of aryl methyl sites for hydroxylation is 2. The Hall–Kier alpha value is -2.13. The predicted molar refractivity (Wildman–Crippen MR) is 82.7 cm³/mol. The third-order valence-corrected chi connectivity index (χ3v) is 3.42. The molecule has 21 heavy (non-hydrogen) atoms. The summed E-state index contributed by atoms with van der Waals surface area (Å²) in [5.41, 5.74) is 3.46. The van der Waals surface area contributed by atoms with Gasteiger partial charge in [0.15, 0.2) is 6.10 Å². The molecule has 0 saturated carbocycles. The Bertz CT molecular complexity index is 647. The molecule has 3 nitrogen and oxygen atoms in total. The second-order valence-corrected chi connectivity index (χ2v) is 5.25. The number of ketones is 1. The zero-order chi connectivity index (χ0) is 15.4. The lowest BCUT2D eigenvalue weighted by Crippen LogP contribution is -2.24. The lowest BCUT2D eigenvalue weighted by molar-refractivity contribution is 0.0817. The van der Waals surface area contributed by atoms with Crippen molar-refractivity contribution in [1.29, 1.82) is 0 Å². The van der Waals surface area contributed by atoms with E-state index in [1.54, 1.807) is 25.1 Å². The van der Waals surface area contributed by atoms with Crippen LogP contribution in [-0.4, -0.2) is 17.0 Å². The van der Waals surface area contributed by atoms with Gasteiger partial charge < -0.3 is 9.84 Å². The van der Waals surface area contributed by atoms with Crippen LogP contribution in [0, 0.1) is 13.8 Å². The highest BCUT2D eigenvalue weighted by Crippen LogP contribution is 2.18. The number of carbonyl (C=O) groups excluding carboxylic acids is 1. The summed E-state index contributed by atoms with van der Waals surface area (Å²) in [5.74, 6) is 0.554. The van der Waals surface area contributed by atoms with Crippen molar-refractivity contribution in [2.45, 2.75) is 33.5 Å². The summed E-state index contributed by atoms with van der Waals surface area (Å²) in [6.45, 7) is 5.59. The van der Waals surface area contributed by atoms with Crippen LogP contribution >= 0.6 is 0 Å². The molecule has 110 valence electrons. The highest BCUT2D eigenvalue weighted by atomic mass is 16.5. The molecule has 0 aliphatic heterocycles. The van der Waals surface area contributed by atoms with Gasteiger partial charge in [-0.1, -0.05) is 29.8 Å². The average Bonchev–Trinajstić information content (AvgIpc) is 2.49. The Labute approximate surface area is 125 Å². The molecule has 0 aliphatic rings. The fraction of sp³-hybridized carbons (Fsp3) is 0.278. The fourth-order valence-corrected chi connectivity index (χ4v) is 2.20. The van der Waals surface area contributed by atoms with Crippen molar-refractivity contribution in [3.05, 3.63) is 64.7 Å². The van der Waals surface area contributed by atoms with E-state index in [0.717, 1.165) is 16.7 Å². The monoisotopic (exact) mass is 284 g/mol. The third kappa shape index (κ3) is 3.70. The molecule has 1 unspecified atom stereocenters. The summed E-state index contributed by atoms with van der Waals surface area (Å²) in [5, 5.41) is 9.13. The van der Waals surface area contributed by atoms with Crippen LogP contribution in [0.3, 0.4) is 0 Å². The second-order valence-electron chi connectivity index (χ2n) is 5.25. The van der Waals surface area contributed by atoms with Crippen LogP contribution in [0.5, 0.6) is 5.75 Å². The summed E-state index contributed by atoms with van der Waals surface area (Å²) in [4.78, 5) is 12.5. The van der Waals surface area contributed by atoms with Gasteiger partial charge in [-0.25, -0.2) is 0 Å². The van der Waals surface area contributed by atoms with Crippen LogP contribution in [0.4, 0.5) is 0 Å². The Kier molecular flexibility index (Phi) is 4.76. The maximum absolute atomic E-state index is 12.5. The van der Waals surface area contributed by atoms with Gasteiger partial charge in [-0.15, -0.1) is 0 Å². The maximum Gasteiger partial charge on any atom is 0.203 e. The summed E-state index contributed by atoms with van der Waals surface area (Å²) in [6, 6.07) is 13.0. The number of hydrogen-bond acceptors (Lipinski definition) is 3. The van der Waals surface area contributed by atoms with Crippen LogP contribution < -0.4 is 4.74 Å². The van der Waals surface area contributed by atoms with Gasteiger partial charge in [0, 0.05) is 5.56 Å². The molecule has 2 aromatic rings. The van der Waals surface area contributed by atoms with E-state index < -0.39 is 6.10 Å². The molecule has 0 aromatic heterocycles. The Morgan fingerprint density at radius 2 is 1.95 bits per heavy atom. The molecule has 0 saturated heterocycles. The lowest BCUT2D eigenvalue weighted by Gasteiger charge is -2.16. The molecule has 0 aliphatic carbocycles. The molecule has 0 bridgehead atoms. The van der Waals surface area contributed by atoms with E-state index in [1.807, 2.05) is 38.1 Å². The number of carbonyl (C=O) groups is 1. The van der Waals surface area contributed by atoms with Crippen molar-refractivity contribution in [3.63, 3.8) is 0 Å². The van der Waals surface area contributed by atoms with Crippen LogP contribution in [0.2, 0.25) is 0 Å². The van der Waals surface area contributed by atoms with Crippen molar-refractivity contribution < 1.29 is 14.6 Å². The van der Waals surface area contributed by atoms with Gasteiger partial charge in [-0.2, -0.15) is 0 Å². The van der Waals surface area contributed by atoms with Crippen LogP contribution in [-0.2, 0) is 6.61 Å². The SMILES string of the molecule is Cc1ccc(C)c(C(=O)C(C)Oc2cccc(CO)c2)c1. The molecule has 0 spiro atoms. The minimum atomic E-state index is -0.570. The van der Waals surface area contributed by atoms with Gasteiger partial charge in [-0.3, -0.25) is 4.79 Å². The molecule has 3 heteroatoms. The van der Waals surface area contributed by atoms with Gasteiger partial charge >= 0.3 is 0 Å². The molecule has 0 heterocycles. The summed E-state index contributed by atoms with van der Waals surface area (Å²) < 4.78 is 5.71. The van der Waals surface area contributed by atoms with Crippen molar-refractivity contribution in [3.8, 4) is 5.75 Å². The average molecular weight is 284 g/mol. The molecule has 1 N–H and O–H groups in total. The van der Waals surface area contributed by atoms with E-state index in [4.69, 9.17) is 9.84 Å². The van der Waals surface area contributed by atoms with Gasteiger partial charge in [0.05, 0.1) is 6.61 Å². The van der Waals surface area contributed by atoms with E-state index in [2.05, 4.69) is 0 Å². The lowest BCUT2D eigenvalue weighted by atomic mass is 9.99. The third-order valence-electron chi connectivity index (χ3n) is 3.42. The van der Waals surface area contributed by atoms with Crippen molar-refractivity contribution >= 4 is 5.78 Å². The normalized spacial score (nSPS) is 12.0. The van der Waals surface area contributed by atoms with Crippen LogP contribution in [0.15, 0.2) is 42.5 Å². The zero-order valence-electron chi connectivity index (χ0n) is 12.6. The number of hydrogen-bond donors (Lipinski definition) is 1. The highest BCUT2D eigenvalue weighted by Gasteiger charge is 2.19. The zero-order valence-corrected chi connectivity index (χ0v) is 12.6. The van der Waals surface area contributed by atoms with E-state index in [1.165, 1.54) is 0 Å². The standard InChI is InChI=1S/C18H20O3/c1-12-7-8-13(2)17(9-12)18(20)14(3)21-16-6-4-5-15(10-16)11-19/h4-10,14,19H,11H2,1-3H3. The van der Waals surface area contributed by atoms with Crippen LogP contribution in [0.25, 0.3) is 0 Å². The first-order valence-corrected chi connectivity index (χ1v) is 6.99. The summed E-state index contributed by atoms with van der Waals surface area (Å²) >= 11 is 0. The number of aliphatic hydroxyl groups is 1. The minimum Gasteiger partial charge on any atom is -0.483 e. The number of Topliss-reactive ketones (excluding diaryl/α,β-unsaturated/α-hetero) is 1. The number of aliphatic hydroxyl groups excluding tert-OH is 1. The van der Waals surface area contributed by atoms with E-state index >= 15 is 0 Å². The maximum atomic E-state index is 12.5. The summed E-state index contributed by atoms with van der Waals surface area (Å²) in [7, 11) is 0. The molecule has 1 atom stereocenters. The number of rotatable bonds is 5. The van der Waals surface area contributed by atoms with Crippen molar-refractivity contribution in [2.24, 2.45) is 0 Å². The molecule has 0 fully saturated rings. The first-order valence-electron chi connectivity index (χ1n) is 6.99. The largest absolute Gasteiger partial charge is 0.483 e. The molecular weight excluding hydrogens is 264 g/mol. The topological polar surface area (TPSA) is 46.5 Å². The van der Waals surface area contributed by atoms with Crippen molar-refractivity contribution in [1.82, 2.24) is 0 Å². The molecule has 2 aromatic carbocycles. The van der Waals surface area contributed by atoms with Gasteiger partial charge in [0.1, 0.15) is 5.75 Å². The van der Waals surface area contributed by atoms with Gasteiger partial charge in [0.2, 0.25) is 5.78 Å². The smallest absolute Gasteiger partial charge is 0.203 e. The van der Waals surface area contributed by atoms with E-state index in [-0.39, 0.29) is 12.4 Å². The Morgan fingerprint density at radius 1 is 1.19 bits per heavy atom. The fourth-order valence-electron chi connectivity index (χ4n) is 2.20.